The zero-order valence-corrected chi connectivity index (χ0v) is 14.3. The second-order valence-electron chi connectivity index (χ2n) is 5.28. The topological polar surface area (TPSA) is 71.3 Å². The first-order chi connectivity index (χ1) is 11.1. The lowest BCUT2D eigenvalue weighted by Gasteiger charge is -2.21. The van der Waals surface area contributed by atoms with E-state index in [1.807, 2.05) is 12.1 Å². The van der Waals surface area contributed by atoms with Gasteiger partial charge in [-0.1, -0.05) is 23.4 Å². The van der Waals surface area contributed by atoms with Gasteiger partial charge >= 0.3 is 0 Å². The standard InChI is InChI=1S/C15H17ClN4O2S/c1-10-18-19-15(22-10)23-9-14(21)17-12-8-11(16)4-5-13(12)20-6-2-3-7-20/h4-5,8H,2-3,6-7,9H2,1H3,(H,17,21). The van der Waals surface area contributed by atoms with Crippen molar-refractivity contribution < 1.29 is 9.21 Å². The van der Waals surface area contributed by atoms with Gasteiger partial charge in [0.05, 0.1) is 17.1 Å². The first-order valence-electron chi connectivity index (χ1n) is 7.39. The number of nitrogens with one attached hydrogen (secondary N) is 1. The number of halogens is 1. The lowest BCUT2D eigenvalue weighted by molar-refractivity contribution is -0.113. The molecular weight excluding hydrogens is 336 g/mol. The summed E-state index contributed by atoms with van der Waals surface area (Å²) in [5.41, 5.74) is 1.76. The number of anilines is 2. The largest absolute Gasteiger partial charge is 0.416 e. The average Bonchev–Trinajstić information content (AvgIpc) is 3.17. The predicted molar refractivity (Wildman–Crippen MR) is 91.3 cm³/mol. The number of aryl methyl sites for hydroxylation is 1. The van der Waals surface area contributed by atoms with E-state index in [1.165, 1.54) is 24.6 Å². The summed E-state index contributed by atoms with van der Waals surface area (Å²) in [5.74, 6) is 0.556. The van der Waals surface area contributed by atoms with Gasteiger partial charge in [0, 0.05) is 25.0 Å². The molecule has 23 heavy (non-hydrogen) atoms. The van der Waals surface area contributed by atoms with Gasteiger partial charge < -0.3 is 14.6 Å². The molecule has 6 nitrogen and oxygen atoms in total. The Morgan fingerprint density at radius 1 is 1.39 bits per heavy atom. The van der Waals surface area contributed by atoms with Crippen LogP contribution in [-0.2, 0) is 4.79 Å². The maximum atomic E-state index is 12.2. The van der Waals surface area contributed by atoms with Crippen molar-refractivity contribution in [1.82, 2.24) is 10.2 Å². The Hall–Kier alpha value is -1.73. The summed E-state index contributed by atoms with van der Waals surface area (Å²) >= 11 is 7.29. The average molecular weight is 353 g/mol. The Kier molecular flexibility index (Phi) is 5.07. The smallest absolute Gasteiger partial charge is 0.277 e. The van der Waals surface area contributed by atoms with Gasteiger partial charge in [0.2, 0.25) is 11.8 Å². The molecule has 1 aromatic carbocycles. The lowest BCUT2D eigenvalue weighted by Crippen LogP contribution is -2.21. The number of carbonyl (C=O) groups excluding carboxylic acids is 1. The summed E-state index contributed by atoms with van der Waals surface area (Å²) < 4.78 is 5.24. The van der Waals surface area contributed by atoms with Gasteiger partial charge in [-0.2, -0.15) is 0 Å². The molecule has 1 aliphatic heterocycles. The van der Waals surface area contributed by atoms with Crippen LogP contribution >= 0.6 is 23.4 Å². The highest BCUT2D eigenvalue weighted by atomic mass is 35.5. The van der Waals surface area contributed by atoms with Crippen molar-refractivity contribution in [2.75, 3.05) is 29.1 Å². The van der Waals surface area contributed by atoms with Crippen LogP contribution in [0.4, 0.5) is 11.4 Å². The maximum Gasteiger partial charge on any atom is 0.277 e. The molecule has 0 bridgehead atoms. The number of carbonyl (C=O) groups is 1. The van der Waals surface area contributed by atoms with E-state index in [0.717, 1.165) is 24.5 Å². The lowest BCUT2D eigenvalue weighted by atomic mass is 10.2. The van der Waals surface area contributed by atoms with Gasteiger partial charge in [-0.05, 0) is 31.0 Å². The van der Waals surface area contributed by atoms with Gasteiger partial charge in [0.25, 0.3) is 5.22 Å². The normalized spacial score (nSPS) is 14.3. The highest BCUT2D eigenvalue weighted by Gasteiger charge is 2.17. The van der Waals surface area contributed by atoms with Gasteiger partial charge in [0.1, 0.15) is 0 Å². The van der Waals surface area contributed by atoms with Gasteiger partial charge in [-0.25, -0.2) is 0 Å². The Bertz CT molecular complexity index is 701. The molecule has 1 aliphatic rings. The van der Waals surface area contributed by atoms with Crippen molar-refractivity contribution in [2.45, 2.75) is 25.0 Å². The molecule has 0 aliphatic carbocycles. The summed E-state index contributed by atoms with van der Waals surface area (Å²) in [4.78, 5) is 14.5. The van der Waals surface area contributed by atoms with Crippen molar-refractivity contribution in [3.63, 3.8) is 0 Å². The minimum absolute atomic E-state index is 0.131. The molecule has 2 heterocycles. The third-order valence-electron chi connectivity index (χ3n) is 3.51. The van der Waals surface area contributed by atoms with Crippen molar-refractivity contribution in [3.8, 4) is 0 Å². The summed E-state index contributed by atoms with van der Waals surface area (Å²) in [5, 5.41) is 11.5. The van der Waals surface area contributed by atoms with Crippen LogP contribution in [-0.4, -0.2) is 34.9 Å². The van der Waals surface area contributed by atoms with Crippen LogP contribution in [0, 0.1) is 6.92 Å². The maximum absolute atomic E-state index is 12.2. The molecule has 0 atom stereocenters. The van der Waals surface area contributed by atoms with Crippen molar-refractivity contribution in [1.29, 1.82) is 0 Å². The highest BCUT2D eigenvalue weighted by molar-refractivity contribution is 7.99. The number of thioether (sulfide) groups is 1. The molecule has 1 saturated heterocycles. The number of amides is 1. The zero-order valence-electron chi connectivity index (χ0n) is 12.7. The monoisotopic (exact) mass is 352 g/mol. The van der Waals surface area contributed by atoms with E-state index in [0.29, 0.717) is 16.1 Å². The summed E-state index contributed by atoms with van der Waals surface area (Å²) in [6.45, 7) is 3.71. The fourth-order valence-electron chi connectivity index (χ4n) is 2.49. The number of aromatic nitrogens is 2. The van der Waals surface area contributed by atoms with E-state index < -0.39 is 0 Å². The second-order valence-corrected chi connectivity index (χ2v) is 6.64. The van der Waals surface area contributed by atoms with Gasteiger partial charge in [-0.3, -0.25) is 4.79 Å². The zero-order chi connectivity index (χ0) is 16.2. The number of benzene rings is 1. The Labute approximate surface area is 143 Å². The molecule has 0 spiro atoms. The van der Waals surface area contributed by atoms with Crippen molar-refractivity contribution in [2.24, 2.45) is 0 Å². The first kappa shape index (κ1) is 16.1. The second kappa shape index (κ2) is 7.23. The van der Waals surface area contributed by atoms with E-state index in [4.69, 9.17) is 16.0 Å². The van der Waals surface area contributed by atoms with Crippen LogP contribution in [0.5, 0.6) is 0 Å². The molecule has 8 heteroatoms. The van der Waals surface area contributed by atoms with E-state index in [-0.39, 0.29) is 11.7 Å². The fraction of sp³-hybridized carbons (Fsp3) is 0.400. The van der Waals surface area contributed by atoms with Crippen LogP contribution in [0.15, 0.2) is 27.8 Å². The van der Waals surface area contributed by atoms with E-state index >= 15 is 0 Å². The molecule has 1 fully saturated rings. The van der Waals surface area contributed by atoms with Crippen molar-refractivity contribution >= 4 is 40.6 Å². The first-order valence-corrected chi connectivity index (χ1v) is 8.75. The third-order valence-corrected chi connectivity index (χ3v) is 4.57. The molecule has 0 unspecified atom stereocenters. The summed E-state index contributed by atoms with van der Waals surface area (Å²) in [6.07, 6.45) is 2.34. The molecular formula is C15H17ClN4O2S. The van der Waals surface area contributed by atoms with Crippen LogP contribution in [0.3, 0.4) is 0 Å². The number of nitrogens with zero attached hydrogens (tertiary/aromatic N) is 3. The van der Waals surface area contributed by atoms with Crippen LogP contribution in [0.1, 0.15) is 18.7 Å². The van der Waals surface area contributed by atoms with Crippen LogP contribution < -0.4 is 10.2 Å². The molecule has 1 N–H and O–H groups in total. The molecule has 122 valence electrons. The Balaban J connectivity index is 1.66. The molecule has 1 amide bonds. The minimum atomic E-state index is -0.131. The van der Waals surface area contributed by atoms with E-state index in [9.17, 15) is 4.79 Å². The summed E-state index contributed by atoms with van der Waals surface area (Å²) in [6, 6.07) is 5.59. The molecule has 2 aromatic rings. The van der Waals surface area contributed by atoms with Crippen LogP contribution in [0.2, 0.25) is 5.02 Å². The fourth-order valence-corrected chi connectivity index (χ4v) is 3.27. The van der Waals surface area contributed by atoms with E-state index in [1.54, 1.807) is 13.0 Å². The number of hydrogen-bond acceptors (Lipinski definition) is 6. The number of hydrogen-bond donors (Lipinski definition) is 1. The van der Waals surface area contributed by atoms with Crippen LogP contribution in [0.25, 0.3) is 0 Å². The van der Waals surface area contributed by atoms with Gasteiger partial charge in [-0.15, -0.1) is 10.2 Å². The predicted octanol–water partition coefficient (Wildman–Crippen LogP) is 3.36. The number of rotatable bonds is 5. The Morgan fingerprint density at radius 2 is 2.17 bits per heavy atom. The summed E-state index contributed by atoms with van der Waals surface area (Å²) in [7, 11) is 0. The Morgan fingerprint density at radius 3 is 2.87 bits per heavy atom. The van der Waals surface area contributed by atoms with Gasteiger partial charge in [0.15, 0.2) is 0 Å². The molecule has 0 radical (unpaired) electrons. The van der Waals surface area contributed by atoms with E-state index in [2.05, 4.69) is 20.4 Å². The quantitative estimate of drug-likeness (QED) is 0.832. The van der Waals surface area contributed by atoms with Crippen molar-refractivity contribution in [3.05, 3.63) is 29.1 Å². The SMILES string of the molecule is Cc1nnc(SCC(=O)Nc2cc(Cl)ccc2N2CCCC2)o1. The molecule has 3 rings (SSSR count). The third kappa shape index (κ3) is 4.17. The molecule has 1 aromatic heterocycles. The highest BCUT2D eigenvalue weighted by Crippen LogP contribution is 2.31. The minimum Gasteiger partial charge on any atom is -0.416 e. The molecule has 0 saturated carbocycles.